The van der Waals surface area contributed by atoms with Crippen molar-refractivity contribution in [3.63, 3.8) is 0 Å². The van der Waals surface area contributed by atoms with Crippen LogP contribution in [0.4, 0.5) is 5.69 Å². The Kier molecular flexibility index (Phi) is 6.94. The van der Waals surface area contributed by atoms with E-state index in [0.717, 1.165) is 11.1 Å². The number of carbonyl (C=O) groups excluding carboxylic acids is 1. The largest absolute Gasteiger partial charge is 0.341 e. The molecule has 10 nitrogen and oxygen atoms in total. The third kappa shape index (κ3) is 5.39. The number of hydrogen-bond donors (Lipinski definition) is 3. The summed E-state index contributed by atoms with van der Waals surface area (Å²) in [7, 11) is -7.98. The number of para-hydroxylation sites is 2. The third-order valence-corrected chi connectivity index (χ3v) is 10.1. The number of nitrogens with one attached hydrogen (secondary N) is 3. The van der Waals surface area contributed by atoms with Crippen LogP contribution in [0.5, 0.6) is 0 Å². The average molecular weight is 584 g/mol. The van der Waals surface area contributed by atoms with E-state index in [-0.39, 0.29) is 29.0 Å². The topological polar surface area (TPSA) is 142 Å². The Bertz CT molecular complexity index is 1850. The molecule has 1 aromatic heterocycles. The monoisotopic (exact) mass is 583 g/mol. The number of amides is 1. The van der Waals surface area contributed by atoms with Crippen LogP contribution in [0.2, 0.25) is 5.02 Å². The van der Waals surface area contributed by atoms with Crippen LogP contribution in [0.3, 0.4) is 0 Å². The lowest BCUT2D eigenvalue weighted by atomic mass is 10.00. The number of aromatic nitrogens is 2. The number of carbonyl (C=O) groups is 1. The van der Waals surface area contributed by atoms with E-state index in [0.29, 0.717) is 21.9 Å². The van der Waals surface area contributed by atoms with Crippen LogP contribution in [-0.4, -0.2) is 32.7 Å². The van der Waals surface area contributed by atoms with Crippen LogP contribution >= 0.6 is 11.6 Å². The lowest BCUT2D eigenvalue weighted by molar-refractivity contribution is -0.118. The predicted molar refractivity (Wildman–Crippen MR) is 146 cm³/mol. The van der Waals surface area contributed by atoms with Crippen LogP contribution < -0.4 is 9.44 Å². The first-order valence-electron chi connectivity index (χ1n) is 11.7. The summed E-state index contributed by atoms with van der Waals surface area (Å²) in [6.45, 7) is 9.39. The second-order valence-electron chi connectivity index (χ2n) is 9.20. The van der Waals surface area contributed by atoms with E-state index >= 15 is 0 Å². The molecule has 1 amide bonds. The van der Waals surface area contributed by atoms with Gasteiger partial charge in [-0.1, -0.05) is 53.6 Å². The van der Waals surface area contributed by atoms with Crippen molar-refractivity contribution >= 4 is 54.3 Å². The summed E-state index contributed by atoms with van der Waals surface area (Å²) in [5.41, 5.74) is 2.94. The molecule has 0 aliphatic carbocycles. The van der Waals surface area contributed by atoms with Crippen molar-refractivity contribution in [3.05, 3.63) is 99.6 Å². The molecule has 0 bridgehead atoms. The molecule has 1 fully saturated rings. The molecule has 3 N–H and O–H groups in total. The van der Waals surface area contributed by atoms with E-state index < -0.39 is 37.2 Å². The lowest BCUT2D eigenvalue weighted by Crippen LogP contribution is -2.31. The van der Waals surface area contributed by atoms with Crippen LogP contribution in [0.25, 0.3) is 15.9 Å². The smallest absolute Gasteiger partial charge is 0.241 e. The van der Waals surface area contributed by atoms with Crippen LogP contribution in [0.1, 0.15) is 40.2 Å². The Hall–Kier alpha value is -3.76. The van der Waals surface area contributed by atoms with Gasteiger partial charge in [0.1, 0.15) is 11.1 Å². The number of aryl methyl sites for hydroxylation is 1. The average Bonchev–Trinajstić information content (AvgIpc) is 3.44. The van der Waals surface area contributed by atoms with Crippen molar-refractivity contribution in [1.29, 1.82) is 0 Å². The van der Waals surface area contributed by atoms with Crippen molar-refractivity contribution in [1.82, 2.24) is 19.4 Å². The first-order chi connectivity index (χ1) is 18.5. The van der Waals surface area contributed by atoms with E-state index in [1.54, 1.807) is 25.1 Å². The van der Waals surface area contributed by atoms with Gasteiger partial charge in [-0.3, -0.25) is 9.52 Å². The Balaban J connectivity index is 1.53. The van der Waals surface area contributed by atoms with E-state index in [1.807, 2.05) is 22.9 Å². The Morgan fingerprint density at radius 1 is 1.18 bits per heavy atom. The Morgan fingerprint density at radius 3 is 2.62 bits per heavy atom. The molecule has 1 saturated heterocycles. The summed E-state index contributed by atoms with van der Waals surface area (Å²) in [5.74, 6) is -0.268. The summed E-state index contributed by atoms with van der Waals surface area (Å²) in [5, 5.41) is -0.857. The van der Waals surface area contributed by atoms with Gasteiger partial charge in [0.2, 0.25) is 26.0 Å². The van der Waals surface area contributed by atoms with Crippen molar-refractivity contribution < 1.29 is 21.6 Å². The highest BCUT2D eigenvalue weighted by molar-refractivity contribution is 7.90. The summed E-state index contributed by atoms with van der Waals surface area (Å²) < 4.78 is 56.2. The number of sulfonamides is 2. The van der Waals surface area contributed by atoms with Gasteiger partial charge >= 0.3 is 0 Å². The van der Waals surface area contributed by atoms with Crippen molar-refractivity contribution in [3.8, 4) is 0 Å². The molecule has 4 aromatic rings. The Morgan fingerprint density at radius 2 is 1.95 bits per heavy atom. The minimum absolute atomic E-state index is 0.0139. The zero-order chi connectivity index (χ0) is 27.9. The van der Waals surface area contributed by atoms with Gasteiger partial charge in [-0.2, -0.15) is 0 Å². The molecule has 39 heavy (non-hydrogen) atoms. The minimum atomic E-state index is -4.04. The molecular weight excluding hydrogens is 562 g/mol. The minimum Gasteiger partial charge on any atom is -0.341 e. The van der Waals surface area contributed by atoms with E-state index in [2.05, 4.69) is 19.5 Å². The highest BCUT2D eigenvalue weighted by Gasteiger charge is 2.39. The van der Waals surface area contributed by atoms with Crippen LogP contribution in [0, 0.1) is 13.5 Å². The Labute approximate surface area is 230 Å². The second-order valence-corrected chi connectivity index (χ2v) is 13.2. The third-order valence-electron chi connectivity index (χ3n) is 6.49. The molecule has 3 aromatic carbocycles. The summed E-state index contributed by atoms with van der Waals surface area (Å²) in [6, 6.07) is 15.5. The lowest BCUT2D eigenvalue weighted by Gasteiger charge is -2.19. The van der Waals surface area contributed by atoms with Crippen LogP contribution in [0.15, 0.2) is 65.6 Å². The fourth-order valence-corrected chi connectivity index (χ4v) is 7.39. The highest BCUT2D eigenvalue weighted by atomic mass is 35.5. The fourth-order valence-electron chi connectivity index (χ4n) is 4.48. The first kappa shape index (κ1) is 26.8. The maximum Gasteiger partial charge on any atom is 0.241 e. The van der Waals surface area contributed by atoms with Gasteiger partial charge in [0.25, 0.3) is 0 Å². The van der Waals surface area contributed by atoms with Gasteiger partial charge in [-0.25, -0.2) is 31.4 Å². The number of rotatable bonds is 7. The molecule has 13 heteroatoms. The number of fused-ring (bicyclic) bond motifs is 1. The number of halogens is 1. The summed E-state index contributed by atoms with van der Waals surface area (Å²) >= 11 is 6.18. The van der Waals surface area contributed by atoms with Gasteiger partial charge in [0, 0.05) is 11.4 Å². The number of aromatic amines is 1. The fraction of sp³-hybridized carbons (Fsp3) is 0.192. The quantitative estimate of drug-likeness (QED) is 0.278. The molecule has 1 unspecified atom stereocenters. The van der Waals surface area contributed by atoms with Gasteiger partial charge in [0.15, 0.2) is 5.69 Å². The number of nitrogens with zero attached hydrogens (tertiary/aromatic N) is 2. The number of imidazole rings is 1. The first-order valence-corrected chi connectivity index (χ1v) is 15.2. The SMILES string of the molecule is [C-]#[N+]c1cc(C[C@H](NS(=O)(=O)c2ccc(C)c(Cl)c2)c2nc3ccccc3[nH]2)ccc1C1CC(=O)NS1(=O)=O. The van der Waals surface area contributed by atoms with E-state index in [1.165, 1.54) is 24.3 Å². The molecule has 200 valence electrons. The number of H-pyrrole nitrogens is 1. The van der Waals surface area contributed by atoms with Crippen molar-refractivity contribution in [2.24, 2.45) is 0 Å². The van der Waals surface area contributed by atoms with E-state index in [4.69, 9.17) is 18.2 Å². The molecule has 2 heterocycles. The number of hydrogen-bond acceptors (Lipinski definition) is 6. The molecule has 1 aliphatic rings. The maximum atomic E-state index is 13.4. The molecule has 0 spiro atoms. The van der Waals surface area contributed by atoms with Crippen LogP contribution in [-0.2, 0) is 31.3 Å². The number of benzene rings is 3. The normalized spacial score (nSPS) is 17.6. The molecule has 2 atom stereocenters. The zero-order valence-electron chi connectivity index (χ0n) is 20.5. The highest BCUT2D eigenvalue weighted by Crippen LogP contribution is 2.37. The predicted octanol–water partition coefficient (Wildman–Crippen LogP) is 4.23. The van der Waals surface area contributed by atoms with Gasteiger partial charge in [-0.05, 0) is 48.7 Å². The summed E-state index contributed by atoms with van der Waals surface area (Å²) in [6.07, 6.45) is -0.180. The van der Waals surface area contributed by atoms with Gasteiger partial charge in [-0.15, -0.1) is 0 Å². The van der Waals surface area contributed by atoms with Crippen molar-refractivity contribution in [2.45, 2.75) is 36.0 Å². The molecule has 0 radical (unpaired) electrons. The zero-order valence-corrected chi connectivity index (χ0v) is 22.9. The summed E-state index contributed by atoms with van der Waals surface area (Å²) in [4.78, 5) is 22.9. The molecule has 5 rings (SSSR count). The van der Waals surface area contributed by atoms with Gasteiger partial charge < -0.3 is 4.98 Å². The molecule has 0 saturated carbocycles. The molecular formula is C26H22ClN5O5S2. The maximum absolute atomic E-state index is 13.4. The van der Waals surface area contributed by atoms with Crippen molar-refractivity contribution in [2.75, 3.05) is 0 Å². The van der Waals surface area contributed by atoms with Gasteiger partial charge in [0.05, 0.1) is 28.5 Å². The second kappa shape index (κ2) is 10.1. The molecule has 1 aliphatic heterocycles. The standard InChI is InChI=1S/C26H22ClN5O5S2/c1-15-7-9-17(13-19(15)27)38(34,35)31-23(26-29-20-5-3-4-6-21(20)30-26)12-16-8-10-18(22(11-16)28-2)24-14-25(33)32-39(24,36)37/h3-11,13,23-24,31H,12,14H2,1H3,(H,29,30)(H,32,33)/t23-,24?/m0/s1. The van der Waals surface area contributed by atoms with E-state index in [9.17, 15) is 21.6 Å².